The Bertz CT molecular complexity index is 635. The number of nitrogens with zero attached hydrogens (tertiary/aromatic N) is 2. The Morgan fingerprint density at radius 1 is 1.57 bits per heavy atom. The van der Waals surface area contributed by atoms with Crippen LogP contribution < -0.4 is 4.90 Å². The molecule has 0 atom stereocenters. The molecule has 1 aliphatic carbocycles. The van der Waals surface area contributed by atoms with Crippen LogP contribution in [0.1, 0.15) is 23.2 Å². The molecule has 110 valence electrons. The fraction of sp³-hybridized carbons (Fsp3) is 0.357. The fourth-order valence-corrected chi connectivity index (χ4v) is 2.09. The molecular weight excluding hydrogens is 279 g/mol. The van der Waals surface area contributed by atoms with Gasteiger partial charge in [0, 0.05) is 6.54 Å². The van der Waals surface area contributed by atoms with Crippen LogP contribution in [0.5, 0.6) is 0 Å². The first-order valence-corrected chi connectivity index (χ1v) is 6.33. The summed E-state index contributed by atoms with van der Waals surface area (Å²) < 4.78 is 14.1. The minimum atomic E-state index is -1.48. The predicted octanol–water partition coefficient (Wildman–Crippen LogP) is 2.28. The van der Waals surface area contributed by atoms with Gasteiger partial charge in [-0.15, -0.1) is 6.42 Å². The summed E-state index contributed by atoms with van der Waals surface area (Å²) in [7, 11) is 0. The third kappa shape index (κ3) is 3.28. The molecule has 6 nitrogen and oxygen atoms in total. The van der Waals surface area contributed by atoms with E-state index in [1.165, 1.54) is 0 Å². The summed E-state index contributed by atoms with van der Waals surface area (Å²) in [5.74, 6) is 0.473. The van der Waals surface area contributed by atoms with Gasteiger partial charge in [-0.25, -0.2) is 9.18 Å². The number of benzene rings is 1. The molecule has 0 unspecified atom stereocenters. The van der Waals surface area contributed by atoms with Crippen LogP contribution in [0, 0.1) is 34.2 Å². The van der Waals surface area contributed by atoms with Crippen LogP contribution >= 0.6 is 0 Å². The van der Waals surface area contributed by atoms with E-state index in [0.717, 1.165) is 18.9 Å². The Kier molecular flexibility index (Phi) is 4.08. The van der Waals surface area contributed by atoms with E-state index < -0.39 is 28.0 Å². The first-order valence-electron chi connectivity index (χ1n) is 6.33. The summed E-state index contributed by atoms with van der Waals surface area (Å²) >= 11 is 0. The van der Waals surface area contributed by atoms with E-state index in [-0.39, 0.29) is 12.2 Å². The lowest BCUT2D eigenvalue weighted by Crippen LogP contribution is -2.27. The molecule has 0 amide bonds. The Labute approximate surface area is 120 Å². The molecule has 1 aromatic rings. The third-order valence-electron chi connectivity index (χ3n) is 3.29. The molecule has 1 N–H and O–H groups in total. The van der Waals surface area contributed by atoms with Gasteiger partial charge in [0.2, 0.25) is 0 Å². The molecule has 0 aromatic heterocycles. The SMILES string of the molecule is C#CCN(CC1CC1)c1cc(C(=O)O)c([N+](=O)[O-])cc1F. The number of carbonyl (C=O) groups is 1. The summed E-state index contributed by atoms with van der Waals surface area (Å²) in [6, 6.07) is 1.62. The number of nitro benzene ring substituents is 1. The van der Waals surface area contributed by atoms with Crippen molar-refractivity contribution in [2.75, 3.05) is 18.0 Å². The van der Waals surface area contributed by atoms with Gasteiger partial charge in [-0.3, -0.25) is 10.1 Å². The monoisotopic (exact) mass is 292 g/mol. The molecule has 0 aliphatic heterocycles. The number of anilines is 1. The van der Waals surface area contributed by atoms with E-state index in [2.05, 4.69) is 5.92 Å². The van der Waals surface area contributed by atoms with Crippen molar-refractivity contribution in [3.8, 4) is 12.3 Å². The van der Waals surface area contributed by atoms with E-state index in [4.69, 9.17) is 11.5 Å². The van der Waals surface area contributed by atoms with E-state index in [9.17, 15) is 19.3 Å². The lowest BCUT2D eigenvalue weighted by Gasteiger charge is -2.23. The largest absolute Gasteiger partial charge is 0.477 e. The minimum absolute atomic E-state index is 0.0112. The quantitative estimate of drug-likeness (QED) is 0.494. The van der Waals surface area contributed by atoms with E-state index >= 15 is 0 Å². The highest BCUT2D eigenvalue weighted by Gasteiger charge is 2.28. The number of terminal acetylenes is 1. The Morgan fingerprint density at radius 3 is 2.71 bits per heavy atom. The molecule has 0 spiro atoms. The van der Waals surface area contributed by atoms with Crippen LogP contribution in [0.4, 0.5) is 15.8 Å². The highest BCUT2D eigenvalue weighted by Crippen LogP contribution is 2.34. The zero-order chi connectivity index (χ0) is 15.6. The number of rotatable bonds is 6. The summed E-state index contributed by atoms with van der Waals surface area (Å²) in [6.07, 6.45) is 7.28. The molecule has 0 bridgehead atoms. The van der Waals surface area contributed by atoms with Crippen molar-refractivity contribution < 1.29 is 19.2 Å². The molecule has 7 heteroatoms. The Morgan fingerprint density at radius 2 is 2.24 bits per heavy atom. The third-order valence-corrected chi connectivity index (χ3v) is 3.29. The van der Waals surface area contributed by atoms with Crippen LogP contribution in [0.3, 0.4) is 0 Å². The van der Waals surface area contributed by atoms with Gasteiger partial charge < -0.3 is 10.0 Å². The smallest absolute Gasteiger partial charge is 0.342 e. The van der Waals surface area contributed by atoms with Gasteiger partial charge in [0.05, 0.1) is 23.2 Å². The van der Waals surface area contributed by atoms with Gasteiger partial charge in [-0.05, 0) is 24.8 Å². The van der Waals surface area contributed by atoms with Crippen LogP contribution in [0.15, 0.2) is 12.1 Å². The van der Waals surface area contributed by atoms with Gasteiger partial charge in [0.25, 0.3) is 5.69 Å². The number of halogens is 1. The number of carboxylic acids is 1. The second-order valence-corrected chi connectivity index (χ2v) is 4.91. The second-order valence-electron chi connectivity index (χ2n) is 4.91. The molecule has 0 heterocycles. The average Bonchev–Trinajstić information content (AvgIpc) is 3.21. The molecule has 2 rings (SSSR count). The summed E-state index contributed by atoms with van der Waals surface area (Å²) in [5.41, 5.74) is -1.33. The highest BCUT2D eigenvalue weighted by atomic mass is 19.1. The summed E-state index contributed by atoms with van der Waals surface area (Å²) in [4.78, 5) is 22.6. The van der Waals surface area contributed by atoms with Gasteiger partial charge in [0.15, 0.2) is 5.82 Å². The van der Waals surface area contributed by atoms with Crippen molar-refractivity contribution >= 4 is 17.3 Å². The van der Waals surface area contributed by atoms with Crippen LogP contribution in [0.2, 0.25) is 0 Å². The lowest BCUT2D eigenvalue weighted by molar-refractivity contribution is -0.385. The normalized spacial score (nSPS) is 13.5. The maximum Gasteiger partial charge on any atom is 0.342 e. The highest BCUT2D eigenvalue weighted by molar-refractivity contribution is 5.93. The molecule has 1 saturated carbocycles. The van der Waals surface area contributed by atoms with Crippen LogP contribution in [-0.2, 0) is 0 Å². The molecule has 1 fully saturated rings. The first kappa shape index (κ1) is 14.8. The minimum Gasteiger partial charge on any atom is -0.477 e. The zero-order valence-corrected chi connectivity index (χ0v) is 11.1. The first-order chi connectivity index (χ1) is 9.93. The van der Waals surface area contributed by atoms with E-state index in [1.807, 2.05) is 0 Å². The van der Waals surface area contributed by atoms with E-state index in [1.54, 1.807) is 4.90 Å². The fourth-order valence-electron chi connectivity index (χ4n) is 2.09. The van der Waals surface area contributed by atoms with Gasteiger partial charge in [-0.1, -0.05) is 5.92 Å². The maximum absolute atomic E-state index is 14.1. The van der Waals surface area contributed by atoms with Crippen molar-refractivity contribution in [1.82, 2.24) is 0 Å². The number of hydrogen-bond acceptors (Lipinski definition) is 4. The van der Waals surface area contributed by atoms with Crippen LogP contribution in [-0.4, -0.2) is 29.1 Å². The average molecular weight is 292 g/mol. The summed E-state index contributed by atoms with van der Waals surface area (Å²) in [6.45, 7) is 0.627. The van der Waals surface area contributed by atoms with Crippen molar-refractivity contribution in [1.29, 1.82) is 0 Å². The lowest BCUT2D eigenvalue weighted by atomic mass is 10.1. The number of nitro groups is 1. The molecule has 1 aliphatic rings. The zero-order valence-electron chi connectivity index (χ0n) is 11.1. The molecule has 1 aromatic carbocycles. The topological polar surface area (TPSA) is 83.7 Å². The number of hydrogen-bond donors (Lipinski definition) is 1. The Balaban J connectivity index is 2.46. The molecule has 0 radical (unpaired) electrons. The standard InChI is InChI=1S/C14H13FN2O4/c1-2-5-16(8-9-3-4-9)13-6-10(14(18)19)12(17(20)21)7-11(13)15/h1,6-7,9H,3-5,8H2,(H,18,19). The van der Waals surface area contributed by atoms with Gasteiger partial charge in [-0.2, -0.15) is 0 Å². The predicted molar refractivity (Wildman–Crippen MR) is 73.8 cm³/mol. The molecular formula is C14H13FN2O4. The van der Waals surface area contributed by atoms with Crippen molar-refractivity contribution in [3.63, 3.8) is 0 Å². The summed E-state index contributed by atoms with van der Waals surface area (Å²) in [5, 5.41) is 19.9. The van der Waals surface area contributed by atoms with Crippen molar-refractivity contribution in [2.24, 2.45) is 5.92 Å². The number of aromatic carboxylic acids is 1. The molecule has 0 saturated heterocycles. The number of carboxylic acid groups (broad SMARTS) is 1. The van der Waals surface area contributed by atoms with E-state index in [0.29, 0.717) is 18.5 Å². The van der Waals surface area contributed by atoms with Gasteiger partial charge >= 0.3 is 5.97 Å². The van der Waals surface area contributed by atoms with Crippen molar-refractivity contribution in [3.05, 3.63) is 33.6 Å². The van der Waals surface area contributed by atoms with Crippen LogP contribution in [0.25, 0.3) is 0 Å². The Hall–Kier alpha value is -2.62. The van der Waals surface area contributed by atoms with Crippen molar-refractivity contribution in [2.45, 2.75) is 12.8 Å². The maximum atomic E-state index is 14.1. The second kappa shape index (κ2) is 5.79. The van der Waals surface area contributed by atoms with Gasteiger partial charge in [0.1, 0.15) is 5.56 Å². The molecule has 21 heavy (non-hydrogen) atoms.